The highest BCUT2D eigenvalue weighted by atomic mass is 35.5. The van der Waals surface area contributed by atoms with Crippen LogP contribution in [0.3, 0.4) is 0 Å². The Morgan fingerprint density at radius 3 is 2.58 bits per heavy atom. The van der Waals surface area contributed by atoms with E-state index in [1.165, 1.54) is 0 Å². The number of likely N-dealkylation sites (tertiary alicyclic amines) is 1. The van der Waals surface area contributed by atoms with Crippen molar-refractivity contribution < 1.29 is 13.6 Å². The van der Waals surface area contributed by atoms with Crippen molar-refractivity contribution in [1.82, 2.24) is 10.2 Å². The second-order valence-corrected chi connectivity index (χ2v) is 5.20. The Labute approximate surface area is 115 Å². The molecule has 1 saturated heterocycles. The predicted octanol–water partition coefficient (Wildman–Crippen LogP) is 2.44. The number of hydrogen-bond donors (Lipinski definition) is 1. The number of carbonyl (C=O) groups is 1. The molecule has 1 amide bonds. The minimum atomic E-state index is -0.808. The third-order valence-electron chi connectivity index (χ3n) is 3.31. The first-order chi connectivity index (χ1) is 8.97. The van der Waals surface area contributed by atoms with Gasteiger partial charge in [0, 0.05) is 6.04 Å². The van der Waals surface area contributed by atoms with Crippen LogP contribution in [0.25, 0.3) is 0 Å². The second-order valence-electron chi connectivity index (χ2n) is 4.80. The molecular formula is C13H15ClF2N2O. The van der Waals surface area contributed by atoms with E-state index in [0.717, 1.165) is 38.1 Å². The summed E-state index contributed by atoms with van der Waals surface area (Å²) in [6.07, 6.45) is 1.61. The molecule has 104 valence electrons. The van der Waals surface area contributed by atoms with Crippen molar-refractivity contribution in [2.75, 3.05) is 20.1 Å². The molecule has 0 atom stereocenters. The Morgan fingerprint density at radius 1 is 1.32 bits per heavy atom. The first-order valence-corrected chi connectivity index (χ1v) is 6.49. The number of benzene rings is 1. The lowest BCUT2D eigenvalue weighted by atomic mass is 10.0. The fourth-order valence-electron chi connectivity index (χ4n) is 2.11. The maximum absolute atomic E-state index is 13.6. The van der Waals surface area contributed by atoms with Crippen molar-refractivity contribution >= 4 is 17.5 Å². The molecule has 19 heavy (non-hydrogen) atoms. The summed E-state index contributed by atoms with van der Waals surface area (Å²) in [5.74, 6) is -2.20. The van der Waals surface area contributed by atoms with Crippen molar-refractivity contribution in [3.05, 3.63) is 34.4 Å². The highest BCUT2D eigenvalue weighted by Gasteiger charge is 2.21. The summed E-state index contributed by atoms with van der Waals surface area (Å²) in [5.41, 5.74) is -0.305. The first-order valence-electron chi connectivity index (χ1n) is 6.11. The zero-order valence-electron chi connectivity index (χ0n) is 10.5. The van der Waals surface area contributed by atoms with Gasteiger partial charge in [-0.15, -0.1) is 0 Å². The molecule has 0 unspecified atom stereocenters. The summed E-state index contributed by atoms with van der Waals surface area (Å²) < 4.78 is 26.8. The zero-order chi connectivity index (χ0) is 14.0. The molecular weight excluding hydrogens is 274 g/mol. The van der Waals surface area contributed by atoms with E-state index in [-0.39, 0.29) is 16.6 Å². The number of halogens is 3. The van der Waals surface area contributed by atoms with Crippen LogP contribution in [0.15, 0.2) is 12.1 Å². The van der Waals surface area contributed by atoms with Gasteiger partial charge in [0.1, 0.15) is 11.6 Å². The van der Waals surface area contributed by atoms with Gasteiger partial charge < -0.3 is 10.2 Å². The van der Waals surface area contributed by atoms with Gasteiger partial charge in [-0.05, 0) is 45.1 Å². The molecule has 1 heterocycles. The van der Waals surface area contributed by atoms with E-state index in [2.05, 4.69) is 10.2 Å². The second kappa shape index (κ2) is 5.84. The summed E-state index contributed by atoms with van der Waals surface area (Å²) in [6, 6.07) is 1.66. The van der Waals surface area contributed by atoms with Crippen LogP contribution in [0.2, 0.25) is 5.02 Å². The summed E-state index contributed by atoms with van der Waals surface area (Å²) >= 11 is 5.45. The van der Waals surface area contributed by atoms with Gasteiger partial charge in [0.05, 0.1) is 10.6 Å². The average Bonchev–Trinajstić information content (AvgIpc) is 2.36. The molecule has 1 aromatic carbocycles. The monoisotopic (exact) mass is 288 g/mol. The number of rotatable bonds is 2. The average molecular weight is 289 g/mol. The molecule has 1 fully saturated rings. The number of carbonyl (C=O) groups excluding carboxylic acids is 1. The van der Waals surface area contributed by atoms with Gasteiger partial charge in [-0.1, -0.05) is 11.6 Å². The van der Waals surface area contributed by atoms with Gasteiger partial charge in [0.2, 0.25) is 0 Å². The summed E-state index contributed by atoms with van der Waals surface area (Å²) in [6.45, 7) is 1.75. The van der Waals surface area contributed by atoms with Gasteiger partial charge in [-0.3, -0.25) is 4.79 Å². The van der Waals surface area contributed by atoms with Crippen molar-refractivity contribution in [1.29, 1.82) is 0 Å². The predicted molar refractivity (Wildman–Crippen MR) is 69.4 cm³/mol. The normalized spacial score (nSPS) is 17.5. The van der Waals surface area contributed by atoms with E-state index >= 15 is 0 Å². The molecule has 3 nitrogen and oxygen atoms in total. The van der Waals surface area contributed by atoms with Crippen molar-refractivity contribution in [3.8, 4) is 0 Å². The maximum atomic E-state index is 13.6. The molecule has 0 saturated carbocycles. The molecule has 0 bridgehead atoms. The van der Waals surface area contributed by atoms with Crippen LogP contribution >= 0.6 is 11.6 Å². The van der Waals surface area contributed by atoms with E-state index < -0.39 is 17.5 Å². The van der Waals surface area contributed by atoms with E-state index in [9.17, 15) is 13.6 Å². The third-order valence-corrected chi connectivity index (χ3v) is 3.60. The number of amides is 1. The van der Waals surface area contributed by atoms with Crippen LogP contribution in [-0.4, -0.2) is 37.0 Å². The Hall–Kier alpha value is -1.20. The third kappa shape index (κ3) is 3.42. The van der Waals surface area contributed by atoms with Crippen LogP contribution < -0.4 is 5.32 Å². The molecule has 0 aromatic heterocycles. The van der Waals surface area contributed by atoms with Gasteiger partial charge >= 0.3 is 0 Å². The van der Waals surface area contributed by atoms with Crippen LogP contribution in [0.1, 0.15) is 23.2 Å². The molecule has 1 aliphatic heterocycles. The Balaban J connectivity index is 2.06. The number of piperidine rings is 1. The topological polar surface area (TPSA) is 32.3 Å². The Bertz CT molecular complexity index is 488. The van der Waals surface area contributed by atoms with Gasteiger partial charge in [0.15, 0.2) is 0 Å². The number of hydrogen-bond acceptors (Lipinski definition) is 2. The minimum absolute atomic E-state index is 0.00170. The standard InChI is InChI=1S/C13H15ClF2N2O/c1-18-4-2-8(3-5-18)17-13(19)9-6-12(16)10(14)7-11(9)15/h6-8H,2-5H2,1H3,(H,17,19). The largest absolute Gasteiger partial charge is 0.349 e. The highest BCUT2D eigenvalue weighted by molar-refractivity contribution is 6.30. The molecule has 0 radical (unpaired) electrons. The molecule has 1 aromatic rings. The lowest BCUT2D eigenvalue weighted by Gasteiger charge is -2.29. The van der Waals surface area contributed by atoms with Crippen LogP contribution in [-0.2, 0) is 0 Å². The molecule has 2 rings (SSSR count). The fraction of sp³-hybridized carbons (Fsp3) is 0.462. The summed E-state index contributed by atoms with van der Waals surface area (Å²) in [7, 11) is 2.01. The lowest BCUT2D eigenvalue weighted by molar-refractivity contribution is 0.0912. The van der Waals surface area contributed by atoms with Crippen LogP contribution in [0.5, 0.6) is 0 Å². The molecule has 0 aliphatic carbocycles. The van der Waals surface area contributed by atoms with Gasteiger partial charge in [-0.2, -0.15) is 0 Å². The van der Waals surface area contributed by atoms with E-state index in [1.54, 1.807) is 0 Å². The quantitative estimate of drug-likeness (QED) is 0.848. The van der Waals surface area contributed by atoms with Crippen molar-refractivity contribution in [3.63, 3.8) is 0 Å². The number of nitrogens with zero attached hydrogens (tertiary/aromatic N) is 1. The van der Waals surface area contributed by atoms with Crippen molar-refractivity contribution in [2.45, 2.75) is 18.9 Å². The van der Waals surface area contributed by atoms with Crippen LogP contribution in [0, 0.1) is 11.6 Å². The smallest absolute Gasteiger partial charge is 0.254 e. The fourth-order valence-corrected chi connectivity index (χ4v) is 2.26. The summed E-state index contributed by atoms with van der Waals surface area (Å²) in [5, 5.41) is 2.40. The lowest BCUT2D eigenvalue weighted by Crippen LogP contribution is -2.43. The SMILES string of the molecule is CN1CCC(NC(=O)c2cc(F)c(Cl)cc2F)CC1. The van der Waals surface area contributed by atoms with Gasteiger partial charge in [0.25, 0.3) is 5.91 Å². The minimum Gasteiger partial charge on any atom is -0.349 e. The van der Waals surface area contributed by atoms with Gasteiger partial charge in [-0.25, -0.2) is 8.78 Å². The van der Waals surface area contributed by atoms with E-state index in [1.807, 2.05) is 7.05 Å². The molecule has 1 aliphatic rings. The van der Waals surface area contributed by atoms with E-state index in [0.29, 0.717) is 0 Å². The maximum Gasteiger partial charge on any atom is 0.254 e. The van der Waals surface area contributed by atoms with E-state index in [4.69, 9.17) is 11.6 Å². The zero-order valence-corrected chi connectivity index (χ0v) is 11.3. The summed E-state index contributed by atoms with van der Waals surface area (Å²) in [4.78, 5) is 14.1. The first kappa shape index (κ1) is 14.2. The highest BCUT2D eigenvalue weighted by Crippen LogP contribution is 2.19. The van der Waals surface area contributed by atoms with Crippen molar-refractivity contribution in [2.24, 2.45) is 0 Å². The molecule has 0 spiro atoms. The Kier molecular flexibility index (Phi) is 4.37. The number of nitrogens with one attached hydrogen (secondary N) is 1. The molecule has 1 N–H and O–H groups in total. The van der Waals surface area contributed by atoms with Crippen LogP contribution in [0.4, 0.5) is 8.78 Å². The Morgan fingerprint density at radius 2 is 1.95 bits per heavy atom. The molecule has 6 heteroatoms.